The van der Waals surface area contributed by atoms with Crippen molar-refractivity contribution in [3.63, 3.8) is 0 Å². The summed E-state index contributed by atoms with van der Waals surface area (Å²) in [4.78, 5) is 14.2. The van der Waals surface area contributed by atoms with Gasteiger partial charge in [-0.3, -0.25) is 4.79 Å². The molecule has 120 valence electrons. The van der Waals surface area contributed by atoms with E-state index in [0.29, 0.717) is 26.1 Å². The van der Waals surface area contributed by atoms with Crippen molar-refractivity contribution in [2.45, 2.75) is 25.2 Å². The minimum Gasteiger partial charge on any atom is -0.505 e. The van der Waals surface area contributed by atoms with E-state index in [0.717, 1.165) is 11.8 Å². The number of halogens is 1. The van der Waals surface area contributed by atoms with Crippen LogP contribution in [0.1, 0.15) is 28.5 Å². The maximum atomic E-state index is 13.5. The second-order valence-electron chi connectivity index (χ2n) is 5.79. The summed E-state index contributed by atoms with van der Waals surface area (Å²) in [5, 5.41) is 17.2. The number of aromatic hydroxyl groups is 1. The van der Waals surface area contributed by atoms with Crippen LogP contribution in [0, 0.1) is 5.82 Å². The van der Waals surface area contributed by atoms with Gasteiger partial charge in [0.15, 0.2) is 11.6 Å². The van der Waals surface area contributed by atoms with E-state index in [9.17, 15) is 14.3 Å². The summed E-state index contributed by atoms with van der Waals surface area (Å²) in [5.41, 5.74) is 1.10. The van der Waals surface area contributed by atoms with Gasteiger partial charge < -0.3 is 14.7 Å². The van der Waals surface area contributed by atoms with E-state index in [1.54, 1.807) is 11.1 Å². The topological polar surface area (TPSA) is 80.5 Å². The maximum Gasteiger partial charge on any atom is 0.254 e. The number of carbonyl (C=O) groups excluding carboxylic acids is 1. The molecule has 1 N–H and O–H groups in total. The Labute approximate surface area is 131 Å². The second kappa shape index (κ2) is 5.31. The van der Waals surface area contributed by atoms with E-state index in [2.05, 4.69) is 10.3 Å². The number of hydrogen-bond acceptors (Lipinski definition) is 5. The monoisotopic (exact) mass is 318 g/mol. The molecule has 1 fully saturated rings. The zero-order valence-electron chi connectivity index (χ0n) is 12.2. The molecule has 1 aromatic carbocycles. The molecule has 3 heterocycles. The SMILES string of the molecule is O=C(c1ccc(O)c(F)c1)N1CC[C@H]2OCc3cnnn3[C@H]2C1. The third-order valence-electron chi connectivity index (χ3n) is 4.41. The van der Waals surface area contributed by atoms with Crippen molar-refractivity contribution < 1.29 is 19.0 Å². The molecule has 2 atom stereocenters. The van der Waals surface area contributed by atoms with Gasteiger partial charge in [0.25, 0.3) is 5.91 Å². The number of fused-ring (bicyclic) bond motifs is 3. The van der Waals surface area contributed by atoms with Crippen LogP contribution in [0.5, 0.6) is 5.75 Å². The Balaban J connectivity index is 1.57. The van der Waals surface area contributed by atoms with E-state index in [1.807, 2.05) is 4.68 Å². The molecule has 4 rings (SSSR count). The van der Waals surface area contributed by atoms with Gasteiger partial charge in [-0.25, -0.2) is 9.07 Å². The first-order valence-electron chi connectivity index (χ1n) is 7.42. The lowest BCUT2D eigenvalue weighted by Crippen LogP contribution is -2.49. The molecule has 0 spiro atoms. The largest absolute Gasteiger partial charge is 0.505 e. The summed E-state index contributed by atoms with van der Waals surface area (Å²) >= 11 is 0. The van der Waals surface area contributed by atoms with Crippen molar-refractivity contribution in [2.24, 2.45) is 0 Å². The summed E-state index contributed by atoms with van der Waals surface area (Å²) in [6.45, 7) is 1.44. The van der Waals surface area contributed by atoms with Crippen molar-refractivity contribution in [3.8, 4) is 5.75 Å². The molecule has 0 unspecified atom stereocenters. The fraction of sp³-hybridized carbons (Fsp3) is 0.400. The predicted octanol–water partition coefficient (Wildman–Crippen LogP) is 1.11. The first-order valence-corrected chi connectivity index (χ1v) is 7.42. The van der Waals surface area contributed by atoms with E-state index in [-0.39, 0.29) is 23.6 Å². The normalized spacial score (nSPS) is 23.3. The van der Waals surface area contributed by atoms with Gasteiger partial charge in [-0.2, -0.15) is 0 Å². The minimum atomic E-state index is -0.801. The van der Waals surface area contributed by atoms with E-state index in [1.165, 1.54) is 12.1 Å². The van der Waals surface area contributed by atoms with Crippen LogP contribution >= 0.6 is 0 Å². The number of piperidine rings is 1. The van der Waals surface area contributed by atoms with Gasteiger partial charge in [0.1, 0.15) is 0 Å². The van der Waals surface area contributed by atoms with Crippen LogP contribution in [0.3, 0.4) is 0 Å². The average molecular weight is 318 g/mol. The highest BCUT2D eigenvalue weighted by atomic mass is 19.1. The first kappa shape index (κ1) is 14.1. The van der Waals surface area contributed by atoms with Gasteiger partial charge in [-0.1, -0.05) is 5.21 Å². The third-order valence-corrected chi connectivity index (χ3v) is 4.41. The molecule has 2 aromatic rings. The number of benzene rings is 1. The Bertz CT molecular complexity index is 763. The Morgan fingerprint density at radius 3 is 3.13 bits per heavy atom. The molecule has 0 radical (unpaired) electrons. The van der Waals surface area contributed by atoms with Crippen LogP contribution in [0.25, 0.3) is 0 Å². The molecule has 2 aliphatic heterocycles. The minimum absolute atomic E-state index is 0.00445. The van der Waals surface area contributed by atoms with Gasteiger partial charge >= 0.3 is 0 Å². The number of hydrogen-bond donors (Lipinski definition) is 1. The number of amides is 1. The molecule has 0 saturated carbocycles. The molecule has 2 aliphatic rings. The van der Waals surface area contributed by atoms with E-state index >= 15 is 0 Å². The Kier molecular flexibility index (Phi) is 3.26. The maximum absolute atomic E-state index is 13.5. The van der Waals surface area contributed by atoms with E-state index < -0.39 is 11.6 Å². The highest BCUT2D eigenvalue weighted by Gasteiger charge is 2.38. The fourth-order valence-electron chi connectivity index (χ4n) is 3.19. The number of likely N-dealkylation sites (tertiary alicyclic amines) is 1. The Hall–Kier alpha value is -2.48. The summed E-state index contributed by atoms with van der Waals surface area (Å²) in [6, 6.07) is 3.59. The summed E-state index contributed by atoms with van der Waals surface area (Å²) < 4.78 is 21.1. The lowest BCUT2D eigenvalue weighted by molar-refractivity contribution is -0.0605. The number of phenolic OH excluding ortho intramolecular Hbond substituents is 1. The average Bonchev–Trinajstić information content (AvgIpc) is 3.05. The highest BCUT2D eigenvalue weighted by molar-refractivity contribution is 5.94. The van der Waals surface area contributed by atoms with E-state index in [4.69, 9.17) is 4.74 Å². The summed E-state index contributed by atoms with van der Waals surface area (Å²) in [6.07, 6.45) is 2.35. The van der Waals surface area contributed by atoms with Gasteiger partial charge in [-0.05, 0) is 24.6 Å². The Morgan fingerprint density at radius 1 is 1.43 bits per heavy atom. The van der Waals surface area contributed by atoms with Crippen molar-refractivity contribution >= 4 is 5.91 Å². The zero-order chi connectivity index (χ0) is 16.0. The van der Waals surface area contributed by atoms with Crippen LogP contribution in [0.15, 0.2) is 24.4 Å². The lowest BCUT2D eigenvalue weighted by Gasteiger charge is -2.41. The second-order valence-corrected chi connectivity index (χ2v) is 5.79. The molecular formula is C15H15FN4O3. The van der Waals surface area contributed by atoms with Gasteiger partial charge in [0.2, 0.25) is 0 Å². The molecule has 0 aliphatic carbocycles. The first-order chi connectivity index (χ1) is 11.1. The fourth-order valence-corrected chi connectivity index (χ4v) is 3.19. The number of rotatable bonds is 1. The molecule has 7 nitrogen and oxygen atoms in total. The third kappa shape index (κ3) is 2.35. The number of carbonyl (C=O) groups is 1. The number of aromatic nitrogens is 3. The van der Waals surface area contributed by atoms with Crippen LogP contribution in [-0.2, 0) is 11.3 Å². The van der Waals surface area contributed by atoms with Crippen LogP contribution in [0.4, 0.5) is 4.39 Å². The van der Waals surface area contributed by atoms with Crippen LogP contribution < -0.4 is 0 Å². The predicted molar refractivity (Wildman–Crippen MR) is 76.2 cm³/mol. The summed E-state index contributed by atoms with van der Waals surface area (Å²) in [5.74, 6) is -1.53. The van der Waals surface area contributed by atoms with Crippen LogP contribution in [0.2, 0.25) is 0 Å². The molecule has 1 saturated heterocycles. The van der Waals surface area contributed by atoms with Crippen molar-refractivity contribution in [2.75, 3.05) is 13.1 Å². The lowest BCUT2D eigenvalue weighted by atomic mass is 9.99. The summed E-state index contributed by atoms with van der Waals surface area (Å²) in [7, 11) is 0. The molecule has 1 aromatic heterocycles. The van der Waals surface area contributed by atoms with Gasteiger partial charge in [-0.15, -0.1) is 5.10 Å². The Morgan fingerprint density at radius 2 is 2.30 bits per heavy atom. The van der Waals surface area contributed by atoms with Gasteiger partial charge in [0, 0.05) is 18.7 Å². The molecule has 1 amide bonds. The molecule has 0 bridgehead atoms. The smallest absolute Gasteiger partial charge is 0.254 e. The molecule has 23 heavy (non-hydrogen) atoms. The quantitative estimate of drug-likeness (QED) is 0.852. The van der Waals surface area contributed by atoms with Crippen molar-refractivity contribution in [1.29, 1.82) is 0 Å². The van der Waals surface area contributed by atoms with Crippen molar-refractivity contribution in [3.05, 3.63) is 41.5 Å². The molecule has 8 heteroatoms. The number of phenols is 1. The molecular weight excluding hydrogens is 303 g/mol. The number of ether oxygens (including phenoxy) is 1. The van der Waals surface area contributed by atoms with Crippen LogP contribution in [-0.4, -0.2) is 50.1 Å². The number of nitrogens with zero attached hydrogens (tertiary/aromatic N) is 4. The standard InChI is InChI=1S/C15H15FN4O3/c16-11-5-9(1-2-13(11)21)15(22)19-4-3-14-12(7-19)20-10(8-23-14)6-17-18-20/h1-2,5-6,12,14,21H,3-4,7-8H2/t12-,14+/m0/s1. The highest BCUT2D eigenvalue weighted by Crippen LogP contribution is 2.30. The van der Waals surface area contributed by atoms with Gasteiger partial charge in [0.05, 0.1) is 30.6 Å². The van der Waals surface area contributed by atoms with Crippen molar-refractivity contribution in [1.82, 2.24) is 19.9 Å². The zero-order valence-corrected chi connectivity index (χ0v) is 12.2.